The molecule has 0 radical (unpaired) electrons. The van der Waals surface area contributed by atoms with E-state index >= 15 is 0 Å². The average molecular weight is 475 g/mol. The topological polar surface area (TPSA) is 57.2 Å². The van der Waals surface area contributed by atoms with Gasteiger partial charge in [0.1, 0.15) is 0 Å². The standard InChI is InChI=1S/C29H46O5/c1-28-14-13-23-21(22(28)11-12-24(28)30)10-9-19-17-20(33-26-7-3-5-15-31-26)18-25(29(19,23)2)34-27-8-4-6-16-32-27/h9,20-27,30H,3-8,10-18H2,1-2H3/t20-,21+,22+,23+,24+,25+,26?,27?,28+,29+/m1/s1. The number of hydrogen-bond acceptors (Lipinski definition) is 5. The molecule has 2 saturated heterocycles. The number of hydrogen-bond donors (Lipinski definition) is 1. The van der Waals surface area contributed by atoms with Crippen molar-refractivity contribution in [3.8, 4) is 0 Å². The summed E-state index contributed by atoms with van der Waals surface area (Å²) in [5, 5.41) is 10.8. The Kier molecular flexibility index (Phi) is 6.64. The van der Waals surface area contributed by atoms with Crippen molar-refractivity contribution < 1.29 is 24.1 Å². The summed E-state index contributed by atoms with van der Waals surface area (Å²) in [5.41, 5.74) is 1.69. The molecule has 0 aromatic carbocycles. The largest absolute Gasteiger partial charge is 0.393 e. The summed E-state index contributed by atoms with van der Waals surface area (Å²) in [6.07, 6.45) is 16.9. The molecule has 34 heavy (non-hydrogen) atoms. The zero-order chi connectivity index (χ0) is 23.3. The molecule has 0 aromatic heterocycles. The van der Waals surface area contributed by atoms with E-state index in [-0.39, 0.29) is 41.7 Å². The minimum absolute atomic E-state index is 0.0336. The van der Waals surface area contributed by atoms with E-state index in [2.05, 4.69) is 19.9 Å². The van der Waals surface area contributed by atoms with E-state index < -0.39 is 0 Å². The first-order chi connectivity index (χ1) is 16.5. The average Bonchev–Trinajstić information content (AvgIpc) is 3.16. The molecule has 5 heteroatoms. The fourth-order valence-corrected chi connectivity index (χ4v) is 8.97. The molecule has 2 unspecified atom stereocenters. The number of aliphatic hydroxyl groups excluding tert-OH is 1. The van der Waals surface area contributed by atoms with Crippen LogP contribution < -0.4 is 0 Å². The zero-order valence-corrected chi connectivity index (χ0v) is 21.4. The maximum Gasteiger partial charge on any atom is 0.157 e. The second-order valence-electron chi connectivity index (χ2n) is 12.7. The van der Waals surface area contributed by atoms with Gasteiger partial charge in [0.25, 0.3) is 0 Å². The van der Waals surface area contributed by atoms with Crippen LogP contribution in [0.15, 0.2) is 11.6 Å². The molecule has 3 saturated carbocycles. The third kappa shape index (κ3) is 4.02. The first-order valence-electron chi connectivity index (χ1n) is 14.4. The molecule has 0 spiro atoms. The van der Waals surface area contributed by atoms with Gasteiger partial charge in [-0.2, -0.15) is 0 Å². The highest BCUT2D eigenvalue weighted by molar-refractivity contribution is 5.28. The Labute approximate surface area is 205 Å². The van der Waals surface area contributed by atoms with Crippen LogP contribution in [0.25, 0.3) is 0 Å². The summed E-state index contributed by atoms with van der Waals surface area (Å²) in [6.45, 7) is 6.51. The molecule has 6 aliphatic rings. The van der Waals surface area contributed by atoms with Crippen molar-refractivity contribution in [1.29, 1.82) is 0 Å². The van der Waals surface area contributed by atoms with Crippen LogP contribution in [0.4, 0.5) is 0 Å². The zero-order valence-electron chi connectivity index (χ0n) is 21.4. The first kappa shape index (κ1) is 23.9. The Morgan fingerprint density at radius 2 is 1.62 bits per heavy atom. The molecule has 10 atom stereocenters. The van der Waals surface area contributed by atoms with Gasteiger partial charge < -0.3 is 24.1 Å². The Balaban J connectivity index is 1.27. The second-order valence-corrected chi connectivity index (χ2v) is 12.7. The molecule has 4 aliphatic carbocycles. The molecule has 2 aliphatic heterocycles. The van der Waals surface area contributed by atoms with Gasteiger partial charge in [-0.25, -0.2) is 0 Å². The molecule has 5 fully saturated rings. The minimum Gasteiger partial charge on any atom is -0.393 e. The Bertz CT molecular complexity index is 756. The Morgan fingerprint density at radius 3 is 2.32 bits per heavy atom. The monoisotopic (exact) mass is 474 g/mol. The number of fused-ring (bicyclic) bond motifs is 5. The van der Waals surface area contributed by atoms with Crippen molar-refractivity contribution in [2.45, 2.75) is 128 Å². The summed E-state index contributed by atoms with van der Waals surface area (Å²) < 4.78 is 25.5. The van der Waals surface area contributed by atoms with Gasteiger partial charge in [-0.15, -0.1) is 0 Å². The predicted octanol–water partition coefficient (Wildman–Crippen LogP) is 5.74. The normalized spacial score (nSPS) is 51.2. The summed E-state index contributed by atoms with van der Waals surface area (Å²) in [7, 11) is 0. The number of aliphatic hydroxyl groups is 1. The van der Waals surface area contributed by atoms with Crippen LogP contribution in [0, 0.1) is 28.6 Å². The minimum atomic E-state index is -0.126. The van der Waals surface area contributed by atoms with Crippen LogP contribution >= 0.6 is 0 Å². The molecule has 0 amide bonds. The van der Waals surface area contributed by atoms with Crippen LogP contribution in [-0.4, -0.2) is 49.2 Å². The van der Waals surface area contributed by atoms with E-state index in [9.17, 15) is 5.11 Å². The molecule has 192 valence electrons. The molecule has 0 bridgehead atoms. The number of allylic oxidation sites excluding steroid dienone is 1. The van der Waals surface area contributed by atoms with Gasteiger partial charge in [0.2, 0.25) is 0 Å². The van der Waals surface area contributed by atoms with Gasteiger partial charge >= 0.3 is 0 Å². The van der Waals surface area contributed by atoms with Crippen molar-refractivity contribution in [3.05, 3.63) is 11.6 Å². The van der Waals surface area contributed by atoms with E-state index in [1.165, 1.54) is 25.7 Å². The van der Waals surface area contributed by atoms with Crippen LogP contribution in [0.2, 0.25) is 0 Å². The Hall–Kier alpha value is -0.460. The van der Waals surface area contributed by atoms with Crippen LogP contribution in [-0.2, 0) is 18.9 Å². The molecular weight excluding hydrogens is 428 g/mol. The maximum atomic E-state index is 10.8. The van der Waals surface area contributed by atoms with Crippen molar-refractivity contribution in [2.75, 3.05) is 13.2 Å². The van der Waals surface area contributed by atoms with Gasteiger partial charge in [0, 0.05) is 25.0 Å². The van der Waals surface area contributed by atoms with Gasteiger partial charge in [-0.1, -0.05) is 25.5 Å². The molecule has 0 aromatic rings. The Morgan fingerprint density at radius 1 is 0.882 bits per heavy atom. The summed E-state index contributed by atoms with van der Waals surface area (Å²) in [6, 6.07) is 0. The molecular formula is C29H46O5. The van der Waals surface area contributed by atoms with Crippen LogP contribution in [0.3, 0.4) is 0 Å². The molecule has 2 heterocycles. The lowest BCUT2D eigenvalue weighted by Gasteiger charge is -2.60. The van der Waals surface area contributed by atoms with Crippen molar-refractivity contribution in [1.82, 2.24) is 0 Å². The van der Waals surface area contributed by atoms with Crippen molar-refractivity contribution >= 4 is 0 Å². The highest BCUT2D eigenvalue weighted by Gasteiger charge is 2.61. The SMILES string of the molecule is C[C@]12CC[C@H]3[C@@H](CC=C4C[C@@H](OC5CCCCO5)C[C@H](OC5CCCCO5)[C@@]43C)[C@@H]1CC[C@@H]2O. The van der Waals surface area contributed by atoms with Gasteiger partial charge in [0.05, 0.1) is 18.3 Å². The van der Waals surface area contributed by atoms with E-state index in [4.69, 9.17) is 18.9 Å². The first-order valence-corrected chi connectivity index (χ1v) is 14.4. The third-order valence-electron chi connectivity index (χ3n) is 11.0. The smallest absolute Gasteiger partial charge is 0.157 e. The van der Waals surface area contributed by atoms with E-state index in [1.807, 2.05) is 0 Å². The van der Waals surface area contributed by atoms with E-state index in [1.54, 1.807) is 5.57 Å². The van der Waals surface area contributed by atoms with Gasteiger partial charge in [0.15, 0.2) is 12.6 Å². The number of ether oxygens (including phenoxy) is 4. The molecule has 1 N–H and O–H groups in total. The second kappa shape index (κ2) is 9.45. The van der Waals surface area contributed by atoms with E-state index in [0.717, 1.165) is 71.0 Å². The molecule has 6 rings (SSSR count). The lowest BCUT2D eigenvalue weighted by Crippen LogP contribution is -2.57. The van der Waals surface area contributed by atoms with Gasteiger partial charge in [-0.3, -0.25) is 0 Å². The fraction of sp³-hybridized carbons (Fsp3) is 0.931. The maximum absolute atomic E-state index is 10.8. The van der Waals surface area contributed by atoms with Crippen LogP contribution in [0.5, 0.6) is 0 Å². The predicted molar refractivity (Wildman–Crippen MR) is 130 cm³/mol. The lowest BCUT2D eigenvalue weighted by atomic mass is 9.47. The summed E-state index contributed by atoms with van der Waals surface area (Å²) >= 11 is 0. The van der Waals surface area contributed by atoms with Crippen molar-refractivity contribution in [2.24, 2.45) is 28.6 Å². The lowest BCUT2D eigenvalue weighted by molar-refractivity contribution is -0.248. The van der Waals surface area contributed by atoms with Crippen LogP contribution in [0.1, 0.15) is 97.3 Å². The summed E-state index contributed by atoms with van der Waals surface area (Å²) in [4.78, 5) is 0. The quantitative estimate of drug-likeness (QED) is 0.526. The van der Waals surface area contributed by atoms with Crippen molar-refractivity contribution in [3.63, 3.8) is 0 Å². The fourth-order valence-electron chi connectivity index (χ4n) is 8.97. The third-order valence-corrected chi connectivity index (χ3v) is 11.0. The van der Waals surface area contributed by atoms with Gasteiger partial charge in [-0.05, 0) is 100 Å². The van der Waals surface area contributed by atoms with E-state index in [0.29, 0.717) is 17.8 Å². The number of rotatable bonds is 4. The summed E-state index contributed by atoms with van der Waals surface area (Å²) in [5.74, 6) is 1.91. The highest BCUT2D eigenvalue weighted by Crippen LogP contribution is 2.65. The molecule has 5 nitrogen and oxygen atoms in total. The highest BCUT2D eigenvalue weighted by atomic mass is 16.7.